The highest BCUT2D eigenvalue weighted by Gasteiger charge is 2.56. The third kappa shape index (κ3) is 9.85. The van der Waals surface area contributed by atoms with Crippen LogP contribution < -0.4 is 11.4 Å². The number of thioether (sulfide) groups is 2. The number of aliphatic hydroxyl groups is 1. The summed E-state index contributed by atoms with van der Waals surface area (Å²) in [4.78, 5) is 40.3. The number of nitrogens with two attached hydrogens (primary N) is 1. The molecule has 0 saturated carbocycles. The Labute approximate surface area is 248 Å². The predicted molar refractivity (Wildman–Crippen MR) is 156 cm³/mol. The van der Waals surface area contributed by atoms with Crippen molar-refractivity contribution < 1.29 is 42.0 Å². The zero-order valence-corrected chi connectivity index (χ0v) is 27.0. The lowest BCUT2D eigenvalue weighted by Crippen LogP contribution is -2.45. The molecule has 3 N–H and O–H groups in total. The van der Waals surface area contributed by atoms with Gasteiger partial charge in [-0.25, -0.2) is 13.8 Å². The lowest BCUT2D eigenvalue weighted by Gasteiger charge is -2.31. The number of phosphoric acid groups is 1. The van der Waals surface area contributed by atoms with Gasteiger partial charge in [0.2, 0.25) is 0 Å². The van der Waals surface area contributed by atoms with Gasteiger partial charge in [-0.3, -0.25) is 27.7 Å². The number of halogens is 1. The number of aromatic nitrogens is 2. The molecule has 234 valence electrons. The number of anilines is 1. The molecule has 41 heavy (non-hydrogen) atoms. The average molecular weight is 642 g/mol. The van der Waals surface area contributed by atoms with Gasteiger partial charge in [-0.1, -0.05) is 72.0 Å². The van der Waals surface area contributed by atoms with Crippen molar-refractivity contribution >= 4 is 47.4 Å². The average Bonchev–Trinajstić information content (AvgIpc) is 3.12. The van der Waals surface area contributed by atoms with E-state index < -0.39 is 55.1 Å². The predicted octanol–water partition coefficient (Wildman–Crippen LogP) is 3.97. The molecule has 1 aromatic heterocycles. The van der Waals surface area contributed by atoms with Crippen molar-refractivity contribution in [1.82, 2.24) is 9.55 Å². The van der Waals surface area contributed by atoms with Crippen LogP contribution in [0.1, 0.15) is 61.1 Å². The number of hydrogen-bond acceptors (Lipinski definition) is 13. The van der Waals surface area contributed by atoms with Gasteiger partial charge in [0, 0.05) is 28.5 Å². The largest absolute Gasteiger partial charge is 0.474 e. The number of carbonyl (C=O) groups is 2. The molecule has 0 amide bonds. The van der Waals surface area contributed by atoms with Gasteiger partial charge in [-0.15, -0.1) is 0 Å². The first-order valence-corrected chi connectivity index (χ1v) is 16.5. The maximum Gasteiger partial charge on any atom is 0.474 e. The van der Waals surface area contributed by atoms with E-state index in [1.807, 2.05) is 0 Å². The minimum Gasteiger partial charge on any atom is -0.387 e. The summed E-state index contributed by atoms with van der Waals surface area (Å²) in [6, 6.07) is 1.28. The Morgan fingerprint density at radius 3 is 2.07 bits per heavy atom. The van der Waals surface area contributed by atoms with Crippen LogP contribution in [-0.2, 0) is 32.5 Å². The highest BCUT2D eigenvalue weighted by Crippen LogP contribution is 2.52. The van der Waals surface area contributed by atoms with Gasteiger partial charge >= 0.3 is 13.5 Å². The second-order valence-corrected chi connectivity index (χ2v) is 15.3. The summed E-state index contributed by atoms with van der Waals surface area (Å²) in [6.07, 6.45) is -4.16. The fourth-order valence-corrected chi connectivity index (χ4v) is 6.51. The molecule has 12 nitrogen and oxygen atoms in total. The molecule has 0 bridgehead atoms. The lowest BCUT2D eigenvalue weighted by molar-refractivity contribution is -0.129. The molecular weight excluding hydrogens is 600 g/mol. The second-order valence-electron chi connectivity index (χ2n) is 11.5. The molecule has 1 aromatic rings. The quantitative estimate of drug-likeness (QED) is 0.235. The Kier molecular flexibility index (Phi) is 12.6. The number of phosphoric ester groups is 1. The van der Waals surface area contributed by atoms with E-state index in [1.165, 1.54) is 12.3 Å². The SMILES string of the molecule is CCC1(COP(=O)(OCCSC(=O)C(C)(C)C)OCCSC(=O)C(C)(C)C)OC(n2ccc(N)nc2=O)C(F)C1O. The van der Waals surface area contributed by atoms with Gasteiger partial charge in [0.25, 0.3) is 0 Å². The van der Waals surface area contributed by atoms with Crippen molar-refractivity contribution in [2.75, 3.05) is 37.1 Å². The van der Waals surface area contributed by atoms with E-state index in [4.69, 9.17) is 24.0 Å². The first-order valence-electron chi connectivity index (χ1n) is 13.1. The number of hydrogen-bond donors (Lipinski definition) is 2. The Morgan fingerprint density at radius 2 is 1.63 bits per heavy atom. The van der Waals surface area contributed by atoms with Crippen LogP contribution in [0, 0.1) is 10.8 Å². The first kappa shape index (κ1) is 35.9. The van der Waals surface area contributed by atoms with Crippen molar-refractivity contribution in [3.05, 3.63) is 22.7 Å². The molecule has 1 saturated heterocycles. The minimum absolute atomic E-state index is 0.00805. The molecule has 1 aliphatic rings. The van der Waals surface area contributed by atoms with E-state index in [-0.39, 0.29) is 47.2 Å². The summed E-state index contributed by atoms with van der Waals surface area (Å²) < 4.78 is 52.0. The topological polar surface area (TPSA) is 169 Å². The number of nitrogens with zero attached hydrogens (tertiary/aromatic N) is 2. The van der Waals surface area contributed by atoms with Gasteiger partial charge in [-0.05, 0) is 12.5 Å². The molecular formula is C25H41FN3O9PS2. The van der Waals surface area contributed by atoms with E-state index in [0.717, 1.165) is 28.1 Å². The van der Waals surface area contributed by atoms with E-state index in [0.29, 0.717) is 0 Å². The first-order chi connectivity index (χ1) is 18.8. The Bertz CT molecular complexity index is 1140. The summed E-state index contributed by atoms with van der Waals surface area (Å²) in [5, 5.41) is 10.6. The summed E-state index contributed by atoms with van der Waals surface area (Å²) >= 11 is 2.00. The molecule has 4 unspecified atom stereocenters. The summed E-state index contributed by atoms with van der Waals surface area (Å²) in [7, 11) is -4.34. The molecule has 0 aromatic carbocycles. The zero-order chi connectivity index (χ0) is 31.2. The highest BCUT2D eigenvalue weighted by atomic mass is 32.2. The third-order valence-corrected chi connectivity index (χ3v) is 9.95. The number of alkyl halides is 1. The van der Waals surface area contributed by atoms with E-state index >= 15 is 4.39 Å². The normalized spacial score (nSPS) is 23.6. The smallest absolute Gasteiger partial charge is 0.387 e. The van der Waals surface area contributed by atoms with Gasteiger partial charge in [0.1, 0.15) is 17.5 Å². The fraction of sp³-hybridized carbons (Fsp3) is 0.760. The number of carbonyl (C=O) groups excluding carboxylic acids is 2. The highest BCUT2D eigenvalue weighted by molar-refractivity contribution is 8.14. The molecule has 0 radical (unpaired) electrons. The van der Waals surface area contributed by atoms with Gasteiger partial charge in [-0.2, -0.15) is 4.98 Å². The van der Waals surface area contributed by atoms with Crippen LogP contribution in [0.2, 0.25) is 0 Å². The van der Waals surface area contributed by atoms with Gasteiger partial charge < -0.3 is 15.6 Å². The van der Waals surface area contributed by atoms with Crippen molar-refractivity contribution in [2.24, 2.45) is 10.8 Å². The molecule has 4 atom stereocenters. The second kappa shape index (κ2) is 14.4. The molecule has 2 rings (SSSR count). The fourth-order valence-electron chi connectivity index (χ4n) is 3.46. The molecule has 1 aliphatic heterocycles. The minimum atomic E-state index is -4.34. The molecule has 16 heteroatoms. The standard InChI is InChI=1S/C25H41FN3O9PS2/c1-8-25(18(30)17(26)19(38-25)29-10-9-16(27)28-22(29)33)15-37-39(34,35-11-13-40-20(31)23(2,3)4)36-12-14-41-21(32)24(5,6)7/h9-10,17-19,30H,8,11-15H2,1-7H3,(H2,27,28,33). The number of rotatable bonds is 13. The molecule has 2 heterocycles. The van der Waals surface area contributed by atoms with Crippen LogP contribution in [0.3, 0.4) is 0 Å². The maximum atomic E-state index is 15.2. The Morgan fingerprint density at radius 1 is 1.12 bits per heavy atom. The number of aliphatic hydroxyl groups excluding tert-OH is 1. The van der Waals surface area contributed by atoms with Gasteiger partial charge in [0.05, 0.1) is 19.8 Å². The van der Waals surface area contributed by atoms with E-state index in [9.17, 15) is 24.1 Å². The van der Waals surface area contributed by atoms with Crippen LogP contribution in [-0.4, -0.2) is 74.1 Å². The summed E-state index contributed by atoms with van der Waals surface area (Å²) in [5.41, 5.74) is 1.75. The van der Waals surface area contributed by atoms with E-state index in [2.05, 4.69) is 4.98 Å². The van der Waals surface area contributed by atoms with Crippen LogP contribution >= 0.6 is 31.3 Å². The zero-order valence-electron chi connectivity index (χ0n) is 24.5. The monoisotopic (exact) mass is 641 g/mol. The lowest BCUT2D eigenvalue weighted by atomic mass is 9.94. The van der Waals surface area contributed by atoms with Crippen LogP contribution in [0.4, 0.5) is 10.2 Å². The van der Waals surface area contributed by atoms with Crippen molar-refractivity contribution in [1.29, 1.82) is 0 Å². The molecule has 0 aliphatic carbocycles. The van der Waals surface area contributed by atoms with E-state index in [1.54, 1.807) is 48.5 Å². The summed E-state index contributed by atoms with van der Waals surface area (Å²) in [5.74, 6) is 0.249. The Hall–Kier alpha value is -1.32. The van der Waals surface area contributed by atoms with Crippen LogP contribution in [0.25, 0.3) is 0 Å². The van der Waals surface area contributed by atoms with Crippen molar-refractivity contribution in [3.8, 4) is 0 Å². The summed E-state index contributed by atoms with van der Waals surface area (Å²) in [6.45, 7) is 11.3. The Balaban J connectivity index is 2.15. The molecule has 0 spiro atoms. The van der Waals surface area contributed by atoms with Crippen LogP contribution in [0.15, 0.2) is 17.1 Å². The maximum absolute atomic E-state index is 15.2. The third-order valence-electron chi connectivity index (χ3n) is 6.02. The van der Waals surface area contributed by atoms with Crippen molar-refractivity contribution in [3.63, 3.8) is 0 Å². The van der Waals surface area contributed by atoms with Gasteiger partial charge in [0.15, 0.2) is 22.6 Å². The molecule has 1 fully saturated rings. The van der Waals surface area contributed by atoms with Crippen LogP contribution in [0.5, 0.6) is 0 Å². The van der Waals surface area contributed by atoms with Crippen molar-refractivity contribution in [2.45, 2.75) is 79.0 Å². The number of ether oxygens (including phenoxy) is 1. The number of nitrogen functional groups attached to an aromatic ring is 1.